The summed E-state index contributed by atoms with van der Waals surface area (Å²) in [5.74, 6) is -0.246. The Morgan fingerprint density at radius 3 is 2.65 bits per heavy atom. The summed E-state index contributed by atoms with van der Waals surface area (Å²) in [7, 11) is 0. The SMILES string of the molecule is CC(=O)NCC(O)C(O)c1ccc(Cl)cc1C. The molecule has 1 rings (SSSR count). The number of carbonyl (C=O) groups is 1. The van der Waals surface area contributed by atoms with Crippen LogP contribution in [0.1, 0.15) is 24.2 Å². The standard InChI is InChI=1S/C12H16ClNO3/c1-7-5-9(13)3-4-10(7)12(17)11(16)6-14-8(2)15/h3-5,11-12,16-17H,6H2,1-2H3,(H,14,15). The number of nitrogens with one attached hydrogen (secondary N) is 1. The van der Waals surface area contributed by atoms with Gasteiger partial charge in [-0.15, -0.1) is 0 Å². The molecule has 0 radical (unpaired) electrons. The monoisotopic (exact) mass is 257 g/mol. The number of benzene rings is 1. The van der Waals surface area contributed by atoms with E-state index in [2.05, 4.69) is 5.32 Å². The van der Waals surface area contributed by atoms with Crippen LogP contribution in [0.3, 0.4) is 0 Å². The molecule has 2 atom stereocenters. The molecule has 1 amide bonds. The second-order valence-corrected chi connectivity index (χ2v) is 4.39. The summed E-state index contributed by atoms with van der Waals surface area (Å²) >= 11 is 5.80. The van der Waals surface area contributed by atoms with Gasteiger partial charge in [0.25, 0.3) is 0 Å². The second-order valence-electron chi connectivity index (χ2n) is 3.95. The van der Waals surface area contributed by atoms with Gasteiger partial charge in [0, 0.05) is 18.5 Å². The van der Waals surface area contributed by atoms with Crippen molar-refractivity contribution in [3.05, 3.63) is 34.3 Å². The maximum absolute atomic E-state index is 10.7. The Morgan fingerprint density at radius 1 is 1.47 bits per heavy atom. The van der Waals surface area contributed by atoms with E-state index in [-0.39, 0.29) is 12.5 Å². The zero-order chi connectivity index (χ0) is 13.0. The van der Waals surface area contributed by atoms with Gasteiger partial charge in [-0.2, -0.15) is 0 Å². The number of hydrogen-bond donors (Lipinski definition) is 3. The van der Waals surface area contributed by atoms with Crippen molar-refractivity contribution in [3.8, 4) is 0 Å². The molecule has 1 aromatic rings. The first-order chi connectivity index (χ1) is 7.91. The van der Waals surface area contributed by atoms with E-state index < -0.39 is 12.2 Å². The van der Waals surface area contributed by atoms with Crippen LogP contribution in [0.15, 0.2) is 18.2 Å². The lowest BCUT2D eigenvalue weighted by Crippen LogP contribution is -2.34. The summed E-state index contributed by atoms with van der Waals surface area (Å²) in [6.45, 7) is 3.17. The van der Waals surface area contributed by atoms with Crippen LogP contribution in [0, 0.1) is 6.92 Å². The van der Waals surface area contributed by atoms with Crippen molar-refractivity contribution in [1.29, 1.82) is 0 Å². The first-order valence-electron chi connectivity index (χ1n) is 5.28. The van der Waals surface area contributed by atoms with Crippen molar-refractivity contribution in [2.45, 2.75) is 26.1 Å². The van der Waals surface area contributed by atoms with Crippen LogP contribution >= 0.6 is 11.6 Å². The van der Waals surface area contributed by atoms with E-state index >= 15 is 0 Å². The molecule has 1 aromatic carbocycles. The predicted molar refractivity (Wildman–Crippen MR) is 65.8 cm³/mol. The van der Waals surface area contributed by atoms with E-state index in [1.54, 1.807) is 25.1 Å². The van der Waals surface area contributed by atoms with Gasteiger partial charge in [-0.3, -0.25) is 4.79 Å². The van der Waals surface area contributed by atoms with E-state index in [1.807, 2.05) is 0 Å². The maximum atomic E-state index is 10.7. The van der Waals surface area contributed by atoms with Crippen molar-refractivity contribution in [3.63, 3.8) is 0 Å². The number of aliphatic hydroxyl groups excluding tert-OH is 2. The zero-order valence-electron chi connectivity index (χ0n) is 9.77. The van der Waals surface area contributed by atoms with Crippen LogP contribution in [0.25, 0.3) is 0 Å². The Kier molecular flexibility index (Phi) is 4.93. The molecule has 94 valence electrons. The smallest absolute Gasteiger partial charge is 0.216 e. The lowest BCUT2D eigenvalue weighted by molar-refractivity contribution is -0.119. The minimum atomic E-state index is -1.04. The Morgan fingerprint density at radius 2 is 2.12 bits per heavy atom. The summed E-state index contributed by atoms with van der Waals surface area (Å²) in [5.41, 5.74) is 1.40. The van der Waals surface area contributed by atoms with E-state index in [0.717, 1.165) is 5.56 Å². The molecule has 0 aromatic heterocycles. The van der Waals surface area contributed by atoms with E-state index in [0.29, 0.717) is 10.6 Å². The highest BCUT2D eigenvalue weighted by Gasteiger charge is 2.20. The van der Waals surface area contributed by atoms with Crippen LogP contribution in [0.5, 0.6) is 0 Å². The van der Waals surface area contributed by atoms with Crippen LogP contribution in [0.4, 0.5) is 0 Å². The highest BCUT2D eigenvalue weighted by atomic mass is 35.5. The van der Waals surface area contributed by atoms with E-state index in [1.165, 1.54) is 6.92 Å². The third kappa shape index (κ3) is 4.00. The Bertz CT molecular complexity index is 409. The van der Waals surface area contributed by atoms with E-state index in [9.17, 15) is 15.0 Å². The van der Waals surface area contributed by atoms with Gasteiger partial charge in [0.2, 0.25) is 5.91 Å². The van der Waals surface area contributed by atoms with Crippen molar-refractivity contribution in [2.75, 3.05) is 6.54 Å². The number of hydrogen-bond acceptors (Lipinski definition) is 3. The molecule has 0 fully saturated rings. The molecular formula is C12H16ClNO3. The van der Waals surface area contributed by atoms with Crippen LogP contribution < -0.4 is 5.32 Å². The molecule has 5 heteroatoms. The third-order valence-corrected chi connectivity index (χ3v) is 2.71. The average molecular weight is 258 g/mol. The van der Waals surface area contributed by atoms with Gasteiger partial charge in [0.15, 0.2) is 0 Å². The van der Waals surface area contributed by atoms with Crippen LogP contribution in [0.2, 0.25) is 5.02 Å². The molecule has 4 nitrogen and oxygen atoms in total. The molecule has 3 N–H and O–H groups in total. The van der Waals surface area contributed by atoms with Crippen LogP contribution in [-0.4, -0.2) is 28.8 Å². The first-order valence-corrected chi connectivity index (χ1v) is 5.66. The Balaban J connectivity index is 2.74. The van der Waals surface area contributed by atoms with Crippen molar-refractivity contribution < 1.29 is 15.0 Å². The van der Waals surface area contributed by atoms with Crippen molar-refractivity contribution in [2.24, 2.45) is 0 Å². The lowest BCUT2D eigenvalue weighted by atomic mass is 9.99. The van der Waals surface area contributed by atoms with Crippen LogP contribution in [-0.2, 0) is 4.79 Å². The molecule has 0 aliphatic heterocycles. The van der Waals surface area contributed by atoms with E-state index in [4.69, 9.17) is 11.6 Å². The summed E-state index contributed by atoms with van der Waals surface area (Å²) in [4.78, 5) is 10.7. The molecule has 0 saturated carbocycles. The van der Waals surface area contributed by atoms with Crippen molar-refractivity contribution in [1.82, 2.24) is 5.32 Å². The fourth-order valence-electron chi connectivity index (χ4n) is 1.54. The number of carbonyl (C=O) groups excluding carboxylic acids is 1. The Hall–Kier alpha value is -1.10. The lowest BCUT2D eigenvalue weighted by Gasteiger charge is -2.20. The molecule has 0 aliphatic rings. The zero-order valence-corrected chi connectivity index (χ0v) is 10.5. The van der Waals surface area contributed by atoms with Gasteiger partial charge >= 0.3 is 0 Å². The quantitative estimate of drug-likeness (QED) is 0.759. The summed E-state index contributed by atoms with van der Waals surface area (Å²) in [6, 6.07) is 5.03. The normalized spacial score (nSPS) is 14.2. The molecule has 2 unspecified atom stereocenters. The van der Waals surface area contributed by atoms with Gasteiger partial charge in [-0.1, -0.05) is 17.7 Å². The molecular weight excluding hydrogens is 242 g/mol. The summed E-state index contributed by atoms with van der Waals surface area (Å²) in [5, 5.41) is 22.7. The minimum absolute atomic E-state index is 0.0125. The maximum Gasteiger partial charge on any atom is 0.216 e. The highest BCUT2D eigenvalue weighted by Crippen LogP contribution is 2.23. The first kappa shape index (κ1) is 14.0. The highest BCUT2D eigenvalue weighted by molar-refractivity contribution is 6.30. The molecule has 0 saturated heterocycles. The number of aryl methyl sites for hydroxylation is 1. The predicted octanol–water partition coefficient (Wildman–Crippen LogP) is 1.18. The summed E-state index contributed by atoms with van der Waals surface area (Å²) < 4.78 is 0. The summed E-state index contributed by atoms with van der Waals surface area (Å²) in [6.07, 6.45) is -2.09. The van der Waals surface area contributed by atoms with Gasteiger partial charge in [-0.05, 0) is 30.2 Å². The molecule has 0 spiro atoms. The van der Waals surface area contributed by atoms with Gasteiger partial charge in [-0.25, -0.2) is 0 Å². The molecule has 0 bridgehead atoms. The molecule has 0 heterocycles. The molecule has 0 aliphatic carbocycles. The largest absolute Gasteiger partial charge is 0.388 e. The van der Waals surface area contributed by atoms with Crippen molar-refractivity contribution >= 4 is 17.5 Å². The minimum Gasteiger partial charge on any atom is -0.388 e. The fraction of sp³-hybridized carbons (Fsp3) is 0.417. The Labute approximate surface area is 105 Å². The topological polar surface area (TPSA) is 69.6 Å². The number of amides is 1. The number of aliphatic hydroxyl groups is 2. The van der Waals surface area contributed by atoms with Gasteiger partial charge in [0.05, 0.1) is 0 Å². The fourth-order valence-corrected chi connectivity index (χ4v) is 1.76. The molecule has 17 heavy (non-hydrogen) atoms. The van der Waals surface area contributed by atoms with Gasteiger partial charge < -0.3 is 15.5 Å². The number of rotatable bonds is 4. The van der Waals surface area contributed by atoms with Gasteiger partial charge in [0.1, 0.15) is 12.2 Å². The second kappa shape index (κ2) is 6.00. The third-order valence-electron chi connectivity index (χ3n) is 2.48. The average Bonchev–Trinajstić information content (AvgIpc) is 2.25. The number of halogens is 1.